The number of rotatable bonds is 3. The van der Waals surface area contributed by atoms with E-state index in [-0.39, 0.29) is 0 Å². The van der Waals surface area contributed by atoms with Crippen LogP contribution in [0, 0.1) is 5.82 Å². The quantitative estimate of drug-likeness (QED) is 0.888. The topological polar surface area (TPSA) is 55.2 Å². The Bertz CT molecular complexity index is 476. The molecule has 1 N–H and O–H groups in total. The van der Waals surface area contributed by atoms with E-state index in [1.165, 1.54) is 31.5 Å². The minimum atomic E-state index is -1.02. The Hall–Kier alpha value is -1.53. The predicted octanol–water partition coefficient (Wildman–Crippen LogP) is 1.77. The van der Waals surface area contributed by atoms with Crippen LogP contribution in [-0.2, 0) is 0 Å². The zero-order chi connectivity index (χ0) is 11.5. The van der Waals surface area contributed by atoms with Gasteiger partial charge in [0.15, 0.2) is 0 Å². The smallest absolute Gasteiger partial charge is 0.127 e. The first-order valence-electron chi connectivity index (χ1n) is 4.51. The number of aliphatic hydroxyl groups is 1. The summed E-state index contributed by atoms with van der Waals surface area (Å²) >= 11 is 0.986. The summed E-state index contributed by atoms with van der Waals surface area (Å²) in [4.78, 5) is 0. The Balaban J connectivity index is 2.42. The number of nitrogens with zero attached hydrogens (tertiary/aromatic N) is 2. The van der Waals surface area contributed by atoms with Gasteiger partial charge in [0.2, 0.25) is 0 Å². The van der Waals surface area contributed by atoms with Crippen LogP contribution in [-0.4, -0.2) is 21.0 Å². The lowest BCUT2D eigenvalue weighted by atomic mass is 10.1. The summed E-state index contributed by atoms with van der Waals surface area (Å²) in [5, 5.41) is 9.97. The minimum Gasteiger partial charge on any atom is -0.496 e. The van der Waals surface area contributed by atoms with Crippen LogP contribution >= 0.6 is 11.7 Å². The molecule has 1 heterocycles. The summed E-state index contributed by atoms with van der Waals surface area (Å²) in [7, 11) is 1.46. The third-order valence-corrected chi connectivity index (χ3v) is 2.64. The maximum absolute atomic E-state index is 13.1. The van der Waals surface area contributed by atoms with Crippen molar-refractivity contribution < 1.29 is 14.2 Å². The largest absolute Gasteiger partial charge is 0.496 e. The van der Waals surface area contributed by atoms with Gasteiger partial charge in [-0.3, -0.25) is 0 Å². The van der Waals surface area contributed by atoms with E-state index in [0.717, 1.165) is 11.7 Å². The number of methoxy groups -OCH3 is 1. The minimum absolute atomic E-state index is 0.343. The van der Waals surface area contributed by atoms with Gasteiger partial charge in [-0.15, -0.1) is 0 Å². The molecule has 6 heteroatoms. The van der Waals surface area contributed by atoms with E-state index < -0.39 is 11.9 Å². The van der Waals surface area contributed by atoms with Gasteiger partial charge in [0.25, 0.3) is 0 Å². The van der Waals surface area contributed by atoms with E-state index in [4.69, 9.17) is 4.74 Å². The molecule has 0 aliphatic carbocycles. The highest BCUT2D eigenvalue weighted by atomic mass is 32.1. The van der Waals surface area contributed by atoms with Crippen LogP contribution in [0.15, 0.2) is 24.4 Å². The van der Waals surface area contributed by atoms with Gasteiger partial charge >= 0.3 is 0 Å². The first-order valence-corrected chi connectivity index (χ1v) is 5.24. The number of aromatic nitrogens is 2. The SMILES string of the molecule is COc1ccc(F)cc1C(O)c1cnsn1. The fourth-order valence-corrected chi connectivity index (χ4v) is 1.81. The molecule has 0 fully saturated rings. The number of aliphatic hydroxyl groups excluding tert-OH is 1. The monoisotopic (exact) mass is 240 g/mol. The van der Waals surface area contributed by atoms with Gasteiger partial charge in [-0.2, -0.15) is 8.75 Å². The van der Waals surface area contributed by atoms with Gasteiger partial charge in [0.1, 0.15) is 23.4 Å². The second-order valence-electron chi connectivity index (χ2n) is 3.12. The van der Waals surface area contributed by atoms with Crippen molar-refractivity contribution in [3.63, 3.8) is 0 Å². The van der Waals surface area contributed by atoms with Gasteiger partial charge < -0.3 is 9.84 Å². The van der Waals surface area contributed by atoms with Gasteiger partial charge in [-0.25, -0.2) is 4.39 Å². The van der Waals surface area contributed by atoms with Crippen LogP contribution in [0.2, 0.25) is 0 Å². The number of hydrogen-bond donors (Lipinski definition) is 1. The van der Waals surface area contributed by atoms with Crippen LogP contribution in [0.3, 0.4) is 0 Å². The molecule has 16 heavy (non-hydrogen) atoms. The molecule has 2 rings (SSSR count). The van der Waals surface area contributed by atoms with E-state index in [1.807, 2.05) is 0 Å². The second-order valence-corrected chi connectivity index (χ2v) is 3.68. The van der Waals surface area contributed by atoms with E-state index in [9.17, 15) is 9.50 Å². The zero-order valence-corrected chi connectivity index (χ0v) is 9.24. The summed E-state index contributed by atoms with van der Waals surface area (Å²) in [6.07, 6.45) is 0.420. The van der Waals surface area contributed by atoms with Crippen LogP contribution < -0.4 is 4.74 Å². The summed E-state index contributed by atoms with van der Waals surface area (Å²) in [5.41, 5.74) is 0.726. The molecule has 2 aromatic rings. The highest BCUT2D eigenvalue weighted by Gasteiger charge is 2.18. The normalized spacial score (nSPS) is 12.4. The summed E-state index contributed by atoms with van der Waals surface area (Å²) in [6.45, 7) is 0. The standard InChI is InChI=1S/C10H9FN2O2S/c1-15-9-3-2-6(11)4-7(9)10(14)8-5-12-16-13-8/h2-5,10,14H,1H3. The maximum atomic E-state index is 13.1. The molecule has 0 aliphatic heterocycles. The Morgan fingerprint density at radius 3 is 2.94 bits per heavy atom. The summed E-state index contributed by atoms with van der Waals surface area (Å²) in [6, 6.07) is 3.96. The van der Waals surface area contributed by atoms with Crippen molar-refractivity contribution >= 4 is 11.7 Å². The Kier molecular flexibility index (Phi) is 3.12. The molecular weight excluding hydrogens is 231 g/mol. The van der Waals surface area contributed by atoms with E-state index in [2.05, 4.69) is 8.75 Å². The molecule has 0 radical (unpaired) electrons. The molecule has 0 saturated heterocycles. The average molecular weight is 240 g/mol. The lowest BCUT2D eigenvalue weighted by molar-refractivity contribution is 0.210. The molecule has 0 aliphatic rings. The van der Waals surface area contributed by atoms with Crippen molar-refractivity contribution in [3.8, 4) is 5.75 Å². The predicted molar refractivity (Wildman–Crippen MR) is 56.9 cm³/mol. The Morgan fingerprint density at radius 1 is 1.50 bits per heavy atom. The number of hydrogen-bond acceptors (Lipinski definition) is 5. The second kappa shape index (κ2) is 4.54. The zero-order valence-electron chi connectivity index (χ0n) is 8.42. The number of ether oxygens (including phenoxy) is 1. The van der Waals surface area contributed by atoms with Crippen LogP contribution in [0.4, 0.5) is 4.39 Å². The summed E-state index contributed by atoms with van der Waals surface area (Å²) < 4.78 is 25.8. The highest BCUT2D eigenvalue weighted by Crippen LogP contribution is 2.29. The van der Waals surface area contributed by atoms with Crippen molar-refractivity contribution in [3.05, 3.63) is 41.5 Å². The lowest BCUT2D eigenvalue weighted by Crippen LogP contribution is -2.03. The van der Waals surface area contributed by atoms with Gasteiger partial charge in [-0.05, 0) is 18.2 Å². The van der Waals surface area contributed by atoms with Gasteiger partial charge in [0, 0.05) is 5.56 Å². The van der Waals surface area contributed by atoms with Crippen molar-refractivity contribution in [1.82, 2.24) is 8.75 Å². The van der Waals surface area contributed by atoms with Gasteiger partial charge in [-0.1, -0.05) is 0 Å². The molecule has 1 aromatic heterocycles. The molecule has 0 spiro atoms. The van der Waals surface area contributed by atoms with Crippen LogP contribution in [0.5, 0.6) is 5.75 Å². The molecule has 4 nitrogen and oxygen atoms in total. The molecule has 0 amide bonds. The fraction of sp³-hybridized carbons (Fsp3) is 0.200. The third-order valence-electron chi connectivity index (χ3n) is 2.14. The first kappa shape index (κ1) is 11.0. The Labute approximate surface area is 95.7 Å². The summed E-state index contributed by atoms with van der Waals surface area (Å²) in [5.74, 6) is -0.0139. The fourth-order valence-electron chi connectivity index (χ4n) is 1.37. The average Bonchev–Trinajstić information content (AvgIpc) is 2.81. The molecule has 84 valence electrons. The molecule has 1 unspecified atom stereocenters. The van der Waals surface area contributed by atoms with Crippen LogP contribution in [0.25, 0.3) is 0 Å². The lowest BCUT2D eigenvalue weighted by Gasteiger charge is -2.12. The number of benzene rings is 1. The van der Waals surface area contributed by atoms with Crippen LogP contribution in [0.1, 0.15) is 17.4 Å². The molecule has 0 bridgehead atoms. The van der Waals surface area contributed by atoms with Gasteiger partial charge in [0.05, 0.1) is 25.0 Å². The maximum Gasteiger partial charge on any atom is 0.127 e. The van der Waals surface area contributed by atoms with Crippen molar-refractivity contribution in [1.29, 1.82) is 0 Å². The third kappa shape index (κ3) is 2.02. The van der Waals surface area contributed by atoms with E-state index >= 15 is 0 Å². The molecule has 1 aromatic carbocycles. The molecule has 1 atom stereocenters. The number of halogens is 1. The first-order chi connectivity index (χ1) is 7.72. The molecule has 0 saturated carbocycles. The van der Waals surface area contributed by atoms with E-state index in [1.54, 1.807) is 0 Å². The molecular formula is C10H9FN2O2S. The van der Waals surface area contributed by atoms with Crippen molar-refractivity contribution in [2.24, 2.45) is 0 Å². The van der Waals surface area contributed by atoms with Crippen molar-refractivity contribution in [2.45, 2.75) is 6.10 Å². The van der Waals surface area contributed by atoms with Crippen molar-refractivity contribution in [2.75, 3.05) is 7.11 Å². The Morgan fingerprint density at radius 2 is 2.31 bits per heavy atom. The van der Waals surface area contributed by atoms with E-state index in [0.29, 0.717) is 17.0 Å². The highest BCUT2D eigenvalue weighted by molar-refractivity contribution is 6.99.